The van der Waals surface area contributed by atoms with Gasteiger partial charge in [0.15, 0.2) is 0 Å². The van der Waals surface area contributed by atoms with E-state index < -0.39 is 35.3 Å². The lowest BCUT2D eigenvalue weighted by Crippen LogP contribution is -2.33. The maximum atomic E-state index is 11.9. The topological polar surface area (TPSA) is 92.8 Å². The molecule has 0 bridgehead atoms. The number of hydrogen-bond donors (Lipinski definition) is 2. The molecule has 0 aliphatic rings. The first-order valence-corrected chi connectivity index (χ1v) is 4.11. The van der Waals surface area contributed by atoms with E-state index in [9.17, 15) is 23.3 Å². The van der Waals surface area contributed by atoms with Crippen LogP contribution in [-0.4, -0.2) is 28.5 Å². The fourth-order valence-electron chi connectivity index (χ4n) is 1.07. The van der Waals surface area contributed by atoms with Crippen LogP contribution in [0.15, 0.2) is 18.2 Å². The third-order valence-electron chi connectivity index (χ3n) is 1.71. The number of nitro groups is 1. The highest BCUT2D eigenvalue weighted by Gasteiger charge is 2.34. The minimum atomic E-state index is -5.03. The van der Waals surface area contributed by atoms with Crippen LogP contribution in [0.2, 0.25) is 0 Å². The Morgan fingerprint density at radius 2 is 1.94 bits per heavy atom. The summed E-state index contributed by atoms with van der Waals surface area (Å²) in [4.78, 5) is 9.47. The van der Waals surface area contributed by atoms with Crippen LogP contribution in [0.25, 0.3) is 0 Å². The Bertz CT molecular complexity index is 436. The molecule has 6 nitrogen and oxygen atoms in total. The predicted molar refractivity (Wildman–Crippen MR) is 49.6 cm³/mol. The van der Waals surface area contributed by atoms with Gasteiger partial charge < -0.3 is 14.8 Å². The van der Waals surface area contributed by atoms with E-state index in [1.165, 1.54) is 0 Å². The molecule has 0 aliphatic heterocycles. The Labute approximate surface area is 92.5 Å². The first-order valence-electron chi connectivity index (χ1n) is 4.11. The molecule has 0 unspecified atom stereocenters. The lowest BCUT2D eigenvalue weighted by Gasteiger charge is -2.12. The monoisotopic (exact) mass is 251 g/mol. The third-order valence-corrected chi connectivity index (χ3v) is 1.71. The summed E-state index contributed by atoms with van der Waals surface area (Å²) in [5.41, 5.74) is -1.32. The van der Waals surface area contributed by atoms with Crippen molar-refractivity contribution in [3.05, 3.63) is 28.3 Å². The number of non-ortho nitro benzene ring substituents is 1. The number of ether oxygens (including phenoxy) is 1. The molecule has 0 saturated heterocycles. The number of alkyl halides is 3. The lowest BCUT2D eigenvalue weighted by molar-refractivity contribution is -0.384. The SMILES string of the molecule is O=[N+]([O-])c1ccc(OC(F)(F)F)c(B(O)O)c1. The van der Waals surface area contributed by atoms with E-state index in [-0.39, 0.29) is 0 Å². The predicted octanol–water partition coefficient (Wildman–Crippen LogP) is 0.173. The molecule has 0 radical (unpaired) electrons. The number of hydrogen-bond acceptors (Lipinski definition) is 5. The average molecular weight is 251 g/mol. The highest BCUT2D eigenvalue weighted by atomic mass is 19.4. The van der Waals surface area contributed by atoms with Crippen molar-refractivity contribution in [3.8, 4) is 5.75 Å². The lowest BCUT2D eigenvalue weighted by atomic mass is 9.79. The number of halogens is 3. The molecule has 0 atom stereocenters. The summed E-state index contributed by atoms with van der Waals surface area (Å²) in [5, 5.41) is 27.9. The number of nitro benzene ring substituents is 1. The molecule has 10 heteroatoms. The number of rotatable bonds is 3. The second-order valence-corrected chi connectivity index (χ2v) is 2.90. The van der Waals surface area contributed by atoms with E-state index in [0.29, 0.717) is 12.1 Å². The van der Waals surface area contributed by atoms with Crippen LogP contribution in [0.5, 0.6) is 5.75 Å². The Kier molecular flexibility index (Phi) is 3.58. The summed E-state index contributed by atoms with van der Waals surface area (Å²) in [6.07, 6.45) is -5.03. The standard InChI is InChI=1S/C7H5BF3NO5/c9-7(10,11)17-6-2-1-4(12(15)16)3-5(6)8(13)14/h1-3,13-14H. The maximum Gasteiger partial charge on any atom is 0.573 e. The normalized spacial score (nSPS) is 11.1. The van der Waals surface area contributed by atoms with Crippen LogP contribution in [0.1, 0.15) is 0 Å². The summed E-state index contributed by atoms with van der Waals surface area (Å²) < 4.78 is 39.3. The van der Waals surface area contributed by atoms with Crippen molar-refractivity contribution in [2.75, 3.05) is 0 Å². The van der Waals surface area contributed by atoms with Gasteiger partial charge in [-0.25, -0.2) is 0 Å². The van der Waals surface area contributed by atoms with E-state index in [0.717, 1.165) is 6.07 Å². The molecule has 0 amide bonds. The molecule has 0 fully saturated rings. The maximum absolute atomic E-state index is 11.9. The van der Waals surface area contributed by atoms with Gasteiger partial charge in [0.05, 0.1) is 4.92 Å². The Morgan fingerprint density at radius 3 is 2.35 bits per heavy atom. The first-order chi connectivity index (χ1) is 7.70. The molecule has 0 aliphatic carbocycles. The summed E-state index contributed by atoms with van der Waals surface area (Å²) in [7, 11) is -2.31. The Hall–Kier alpha value is -1.81. The van der Waals surface area contributed by atoms with Gasteiger partial charge in [-0.3, -0.25) is 10.1 Å². The van der Waals surface area contributed by atoms with Crippen molar-refractivity contribution in [1.82, 2.24) is 0 Å². The molecule has 2 N–H and O–H groups in total. The first kappa shape index (κ1) is 13.3. The largest absolute Gasteiger partial charge is 0.573 e. The highest BCUT2D eigenvalue weighted by molar-refractivity contribution is 6.59. The van der Waals surface area contributed by atoms with Crippen LogP contribution in [-0.2, 0) is 0 Å². The van der Waals surface area contributed by atoms with Crippen molar-refractivity contribution in [2.45, 2.75) is 6.36 Å². The smallest absolute Gasteiger partial charge is 0.423 e. The molecule has 0 saturated carbocycles. The minimum absolute atomic E-state index is 0.581. The van der Waals surface area contributed by atoms with E-state index in [4.69, 9.17) is 10.0 Å². The minimum Gasteiger partial charge on any atom is -0.423 e. The van der Waals surface area contributed by atoms with Crippen LogP contribution >= 0.6 is 0 Å². The van der Waals surface area contributed by atoms with Crippen LogP contribution in [0.3, 0.4) is 0 Å². The fourth-order valence-corrected chi connectivity index (χ4v) is 1.07. The number of benzene rings is 1. The van der Waals surface area contributed by atoms with Crippen LogP contribution < -0.4 is 10.2 Å². The van der Waals surface area contributed by atoms with Gasteiger partial charge in [-0.1, -0.05) is 0 Å². The van der Waals surface area contributed by atoms with Gasteiger partial charge in [0, 0.05) is 17.6 Å². The van der Waals surface area contributed by atoms with E-state index in [1.54, 1.807) is 0 Å². The molecule has 0 spiro atoms. The second kappa shape index (κ2) is 4.59. The van der Waals surface area contributed by atoms with Gasteiger partial charge in [-0.15, -0.1) is 13.2 Å². The van der Waals surface area contributed by atoms with Crippen LogP contribution in [0.4, 0.5) is 18.9 Å². The molecule has 92 valence electrons. The zero-order chi connectivity index (χ0) is 13.2. The van der Waals surface area contributed by atoms with Crippen molar-refractivity contribution >= 4 is 18.3 Å². The quantitative estimate of drug-likeness (QED) is 0.453. The summed E-state index contributed by atoms with van der Waals surface area (Å²) in [6, 6.07) is 1.99. The molecule has 1 aromatic rings. The van der Waals surface area contributed by atoms with Crippen molar-refractivity contribution < 1.29 is 32.9 Å². The second-order valence-electron chi connectivity index (χ2n) is 2.90. The average Bonchev–Trinajstić information content (AvgIpc) is 2.14. The zero-order valence-electron chi connectivity index (χ0n) is 8.01. The number of nitrogens with zero attached hydrogens (tertiary/aromatic N) is 1. The highest BCUT2D eigenvalue weighted by Crippen LogP contribution is 2.23. The Balaban J connectivity index is 3.18. The van der Waals surface area contributed by atoms with Crippen LogP contribution in [0, 0.1) is 10.1 Å². The van der Waals surface area contributed by atoms with Gasteiger partial charge in [0.1, 0.15) is 5.75 Å². The molecular weight excluding hydrogens is 246 g/mol. The molecular formula is C7H5BF3NO5. The van der Waals surface area contributed by atoms with E-state index in [1.807, 2.05) is 0 Å². The van der Waals surface area contributed by atoms with Crippen molar-refractivity contribution in [3.63, 3.8) is 0 Å². The van der Waals surface area contributed by atoms with Gasteiger partial charge in [0.2, 0.25) is 0 Å². The van der Waals surface area contributed by atoms with Crippen molar-refractivity contribution in [2.24, 2.45) is 0 Å². The van der Waals surface area contributed by atoms with E-state index >= 15 is 0 Å². The molecule has 0 heterocycles. The molecule has 1 rings (SSSR count). The summed E-state index contributed by atoms with van der Waals surface area (Å²) in [5.74, 6) is -0.905. The summed E-state index contributed by atoms with van der Waals surface area (Å²) in [6.45, 7) is 0. The van der Waals surface area contributed by atoms with E-state index in [2.05, 4.69) is 4.74 Å². The van der Waals surface area contributed by atoms with Gasteiger partial charge in [-0.05, 0) is 6.07 Å². The Morgan fingerprint density at radius 1 is 1.35 bits per heavy atom. The third kappa shape index (κ3) is 3.61. The fraction of sp³-hybridized carbons (Fsp3) is 0.143. The zero-order valence-corrected chi connectivity index (χ0v) is 8.01. The van der Waals surface area contributed by atoms with Gasteiger partial charge in [0.25, 0.3) is 5.69 Å². The molecule has 1 aromatic carbocycles. The van der Waals surface area contributed by atoms with Gasteiger partial charge in [-0.2, -0.15) is 0 Å². The molecule has 17 heavy (non-hydrogen) atoms. The molecule has 0 aromatic heterocycles. The van der Waals surface area contributed by atoms with Crippen molar-refractivity contribution in [1.29, 1.82) is 0 Å². The van der Waals surface area contributed by atoms with Gasteiger partial charge >= 0.3 is 13.5 Å². The summed E-state index contributed by atoms with van der Waals surface area (Å²) >= 11 is 0.